The Labute approximate surface area is 134 Å². The van der Waals surface area contributed by atoms with Crippen molar-refractivity contribution in [2.24, 2.45) is 0 Å². The van der Waals surface area contributed by atoms with Crippen molar-refractivity contribution >= 4 is 5.91 Å². The molecule has 4 rings (SSSR count). The summed E-state index contributed by atoms with van der Waals surface area (Å²) in [6, 6.07) is 13.0. The van der Waals surface area contributed by atoms with Crippen LogP contribution in [0.4, 0.5) is 0 Å². The Morgan fingerprint density at radius 1 is 0.913 bits per heavy atom. The van der Waals surface area contributed by atoms with Crippen molar-refractivity contribution in [1.29, 1.82) is 0 Å². The Morgan fingerprint density at radius 3 is 2.61 bits per heavy atom. The molecule has 0 radical (unpaired) electrons. The number of fused-ring (bicyclic) bond motifs is 2. The monoisotopic (exact) mass is 311 g/mol. The highest BCUT2D eigenvalue weighted by atomic mass is 16.6. The van der Waals surface area contributed by atoms with Gasteiger partial charge in [0, 0.05) is 17.5 Å². The van der Waals surface area contributed by atoms with Gasteiger partial charge in [0.1, 0.15) is 19.0 Å². The quantitative estimate of drug-likeness (QED) is 0.926. The molecule has 2 aliphatic rings. The van der Waals surface area contributed by atoms with Crippen LogP contribution in [-0.4, -0.2) is 25.7 Å². The van der Waals surface area contributed by atoms with Gasteiger partial charge in [-0.1, -0.05) is 18.2 Å². The van der Waals surface area contributed by atoms with E-state index in [4.69, 9.17) is 14.2 Å². The smallest absolute Gasteiger partial charge is 0.251 e. The molecule has 5 nitrogen and oxygen atoms in total. The average molecular weight is 311 g/mol. The fourth-order valence-corrected chi connectivity index (χ4v) is 2.92. The maximum atomic E-state index is 12.6. The highest BCUT2D eigenvalue weighted by Gasteiger charge is 2.23. The fourth-order valence-electron chi connectivity index (χ4n) is 2.92. The summed E-state index contributed by atoms with van der Waals surface area (Å²) in [5, 5.41) is 3.08. The van der Waals surface area contributed by atoms with E-state index in [1.54, 1.807) is 18.2 Å². The van der Waals surface area contributed by atoms with Crippen LogP contribution in [0.2, 0.25) is 0 Å². The van der Waals surface area contributed by atoms with E-state index in [1.165, 1.54) is 0 Å². The van der Waals surface area contributed by atoms with Gasteiger partial charge in [0.2, 0.25) is 0 Å². The summed E-state index contributed by atoms with van der Waals surface area (Å²) in [6.07, 6.45) is 0.757. The Balaban J connectivity index is 1.55. The summed E-state index contributed by atoms with van der Waals surface area (Å²) in [4.78, 5) is 12.6. The molecule has 0 saturated carbocycles. The highest BCUT2D eigenvalue weighted by molar-refractivity contribution is 5.95. The molecule has 2 aromatic rings. The van der Waals surface area contributed by atoms with Crippen LogP contribution in [0.15, 0.2) is 42.5 Å². The first-order valence-corrected chi connectivity index (χ1v) is 7.73. The van der Waals surface area contributed by atoms with Gasteiger partial charge < -0.3 is 19.5 Å². The number of para-hydroxylation sites is 1. The highest BCUT2D eigenvalue weighted by Crippen LogP contribution is 2.33. The number of ether oxygens (including phenoxy) is 3. The lowest BCUT2D eigenvalue weighted by molar-refractivity contribution is 0.0923. The maximum Gasteiger partial charge on any atom is 0.251 e. The summed E-state index contributed by atoms with van der Waals surface area (Å²) >= 11 is 0. The van der Waals surface area contributed by atoms with Crippen molar-refractivity contribution in [3.05, 3.63) is 53.6 Å². The van der Waals surface area contributed by atoms with Crippen LogP contribution < -0.4 is 19.5 Å². The molecular weight excluding hydrogens is 294 g/mol. The summed E-state index contributed by atoms with van der Waals surface area (Å²) in [5.41, 5.74) is 1.59. The molecule has 2 aromatic carbocycles. The zero-order chi connectivity index (χ0) is 15.6. The van der Waals surface area contributed by atoms with E-state index in [2.05, 4.69) is 5.32 Å². The van der Waals surface area contributed by atoms with Crippen molar-refractivity contribution in [3.8, 4) is 17.2 Å². The summed E-state index contributed by atoms with van der Waals surface area (Å²) < 4.78 is 16.6. The molecule has 23 heavy (non-hydrogen) atoms. The van der Waals surface area contributed by atoms with Crippen LogP contribution in [0.5, 0.6) is 17.2 Å². The van der Waals surface area contributed by atoms with Gasteiger partial charge in [-0.25, -0.2) is 0 Å². The predicted octanol–water partition coefficient (Wildman–Crippen LogP) is 2.71. The largest absolute Gasteiger partial charge is 0.493 e. The average Bonchev–Trinajstić information content (AvgIpc) is 2.61. The van der Waals surface area contributed by atoms with Crippen LogP contribution in [0.1, 0.15) is 28.4 Å². The third-order valence-corrected chi connectivity index (χ3v) is 4.07. The number of nitrogens with one attached hydrogen (secondary N) is 1. The van der Waals surface area contributed by atoms with Gasteiger partial charge >= 0.3 is 0 Å². The van der Waals surface area contributed by atoms with Crippen molar-refractivity contribution in [1.82, 2.24) is 5.32 Å². The van der Waals surface area contributed by atoms with Crippen LogP contribution >= 0.6 is 0 Å². The fraction of sp³-hybridized carbons (Fsp3) is 0.278. The summed E-state index contributed by atoms with van der Waals surface area (Å²) in [7, 11) is 0. The number of hydrogen-bond acceptors (Lipinski definition) is 4. The number of rotatable bonds is 2. The van der Waals surface area contributed by atoms with Crippen molar-refractivity contribution < 1.29 is 19.0 Å². The molecule has 1 N–H and O–H groups in total. The zero-order valence-electron chi connectivity index (χ0n) is 12.6. The van der Waals surface area contributed by atoms with E-state index >= 15 is 0 Å². The molecule has 0 fully saturated rings. The number of benzene rings is 2. The second-order valence-corrected chi connectivity index (χ2v) is 5.56. The van der Waals surface area contributed by atoms with Crippen LogP contribution in [-0.2, 0) is 0 Å². The number of hydrogen-bond donors (Lipinski definition) is 1. The maximum absolute atomic E-state index is 12.6. The van der Waals surface area contributed by atoms with Gasteiger partial charge in [0.05, 0.1) is 12.6 Å². The van der Waals surface area contributed by atoms with E-state index in [0.717, 1.165) is 17.7 Å². The normalized spacial score (nSPS) is 18.5. The number of carbonyl (C=O) groups is 1. The number of amides is 1. The molecule has 0 aromatic heterocycles. The van der Waals surface area contributed by atoms with E-state index in [-0.39, 0.29) is 11.9 Å². The minimum Gasteiger partial charge on any atom is -0.493 e. The molecule has 1 unspecified atom stereocenters. The van der Waals surface area contributed by atoms with Crippen LogP contribution in [0.25, 0.3) is 0 Å². The van der Waals surface area contributed by atoms with E-state index < -0.39 is 0 Å². The van der Waals surface area contributed by atoms with Crippen molar-refractivity contribution in [2.75, 3.05) is 19.8 Å². The first-order chi connectivity index (χ1) is 11.3. The second-order valence-electron chi connectivity index (χ2n) is 5.56. The second kappa shape index (κ2) is 5.83. The Kier molecular flexibility index (Phi) is 3.54. The third kappa shape index (κ3) is 2.70. The molecular formula is C18H17NO4. The molecule has 5 heteroatoms. The summed E-state index contributed by atoms with van der Waals surface area (Å²) in [6.45, 7) is 1.64. The summed E-state index contributed by atoms with van der Waals surface area (Å²) in [5.74, 6) is 2.02. The molecule has 118 valence electrons. The van der Waals surface area contributed by atoms with Gasteiger partial charge in [0.15, 0.2) is 11.5 Å². The van der Waals surface area contributed by atoms with E-state index in [1.807, 2.05) is 24.3 Å². The lowest BCUT2D eigenvalue weighted by Crippen LogP contribution is -2.32. The Hall–Kier alpha value is -2.69. The van der Waals surface area contributed by atoms with Crippen molar-refractivity contribution in [2.45, 2.75) is 12.5 Å². The van der Waals surface area contributed by atoms with E-state index in [9.17, 15) is 4.79 Å². The van der Waals surface area contributed by atoms with Crippen LogP contribution in [0.3, 0.4) is 0 Å². The predicted molar refractivity (Wildman–Crippen MR) is 84.2 cm³/mol. The topological polar surface area (TPSA) is 56.8 Å². The Bertz CT molecular complexity index is 744. The molecule has 0 spiro atoms. The molecule has 0 saturated heterocycles. The lowest BCUT2D eigenvalue weighted by Gasteiger charge is -2.26. The minimum atomic E-state index is -0.122. The third-order valence-electron chi connectivity index (χ3n) is 4.07. The molecule has 0 bridgehead atoms. The molecule has 2 heterocycles. The number of carbonyl (C=O) groups excluding carboxylic acids is 1. The minimum absolute atomic E-state index is 0.0411. The lowest BCUT2D eigenvalue weighted by atomic mass is 10.00. The van der Waals surface area contributed by atoms with Gasteiger partial charge in [-0.15, -0.1) is 0 Å². The standard InChI is InChI=1S/C18H17NO4/c20-18(12-5-6-16-17(11-12)23-10-9-22-16)19-14-7-8-21-15-4-2-1-3-13(14)15/h1-6,11,14H,7-10H2,(H,19,20). The molecule has 2 aliphatic heterocycles. The van der Waals surface area contributed by atoms with Gasteiger partial charge in [0.25, 0.3) is 5.91 Å². The zero-order valence-corrected chi connectivity index (χ0v) is 12.6. The van der Waals surface area contributed by atoms with Gasteiger partial charge in [-0.2, -0.15) is 0 Å². The van der Waals surface area contributed by atoms with Gasteiger partial charge in [-0.3, -0.25) is 4.79 Å². The van der Waals surface area contributed by atoms with E-state index in [0.29, 0.717) is 36.9 Å². The first-order valence-electron chi connectivity index (χ1n) is 7.73. The Morgan fingerprint density at radius 2 is 1.70 bits per heavy atom. The first kappa shape index (κ1) is 13.9. The SMILES string of the molecule is O=C(NC1CCOc2ccccc21)c1ccc2c(c1)OCCO2. The van der Waals surface area contributed by atoms with Crippen molar-refractivity contribution in [3.63, 3.8) is 0 Å². The van der Waals surface area contributed by atoms with Crippen LogP contribution in [0, 0.1) is 0 Å². The molecule has 1 atom stereocenters. The molecule has 0 aliphatic carbocycles. The molecule has 1 amide bonds. The van der Waals surface area contributed by atoms with Gasteiger partial charge in [-0.05, 0) is 24.3 Å².